The van der Waals surface area contributed by atoms with E-state index >= 15 is 0 Å². The van der Waals surface area contributed by atoms with Crippen molar-refractivity contribution in [1.82, 2.24) is 15.0 Å². The van der Waals surface area contributed by atoms with Gasteiger partial charge in [-0.3, -0.25) is 0 Å². The van der Waals surface area contributed by atoms with Gasteiger partial charge in [0.05, 0.1) is 12.5 Å². The van der Waals surface area contributed by atoms with Crippen molar-refractivity contribution >= 4 is 0 Å². The Labute approximate surface area is 148 Å². The van der Waals surface area contributed by atoms with Gasteiger partial charge in [-0.15, -0.1) is 0 Å². The van der Waals surface area contributed by atoms with Crippen LogP contribution in [0.1, 0.15) is 49.1 Å². The number of hydrogen-bond donors (Lipinski definition) is 0. The molecule has 6 heteroatoms. The third-order valence-corrected chi connectivity index (χ3v) is 5.55. The summed E-state index contributed by atoms with van der Waals surface area (Å²) >= 11 is 0. The summed E-state index contributed by atoms with van der Waals surface area (Å²) in [5.41, 5.74) is 0.981. The molecule has 1 atom stereocenters. The van der Waals surface area contributed by atoms with Gasteiger partial charge in [0.2, 0.25) is 11.7 Å². The smallest absolute Gasteiger partial charge is 0.234 e. The van der Waals surface area contributed by atoms with E-state index in [1.54, 1.807) is 14.2 Å². The van der Waals surface area contributed by atoms with E-state index in [2.05, 4.69) is 10.1 Å². The maximum Gasteiger partial charge on any atom is 0.234 e. The second-order valence-corrected chi connectivity index (χ2v) is 7.11. The predicted molar refractivity (Wildman–Crippen MR) is 92.7 cm³/mol. The molecule has 1 aromatic heterocycles. The van der Waals surface area contributed by atoms with Crippen LogP contribution in [0.4, 0.5) is 0 Å². The Kier molecular flexibility index (Phi) is 4.48. The van der Waals surface area contributed by atoms with E-state index in [1.165, 1.54) is 25.9 Å². The number of hydrogen-bond acceptors (Lipinski definition) is 6. The van der Waals surface area contributed by atoms with E-state index in [1.807, 2.05) is 24.3 Å². The van der Waals surface area contributed by atoms with E-state index in [0.29, 0.717) is 5.82 Å². The van der Waals surface area contributed by atoms with E-state index in [0.717, 1.165) is 36.6 Å². The molecule has 2 aliphatic rings. The van der Waals surface area contributed by atoms with Gasteiger partial charge >= 0.3 is 0 Å². The first-order valence-electron chi connectivity index (χ1n) is 8.97. The molecule has 0 saturated carbocycles. The van der Waals surface area contributed by atoms with Gasteiger partial charge in [0.1, 0.15) is 11.9 Å². The minimum absolute atomic E-state index is 0.0222. The Balaban J connectivity index is 1.63. The van der Waals surface area contributed by atoms with Crippen LogP contribution in [-0.2, 0) is 10.2 Å². The van der Waals surface area contributed by atoms with Crippen molar-refractivity contribution in [1.29, 1.82) is 0 Å². The molecule has 2 aliphatic heterocycles. The van der Waals surface area contributed by atoms with E-state index < -0.39 is 0 Å². The quantitative estimate of drug-likeness (QED) is 0.832. The van der Waals surface area contributed by atoms with Gasteiger partial charge in [-0.05, 0) is 56.5 Å². The predicted octanol–water partition coefficient (Wildman–Crippen LogP) is 2.94. The summed E-state index contributed by atoms with van der Waals surface area (Å²) < 4.78 is 16.7. The lowest BCUT2D eigenvalue weighted by Crippen LogP contribution is -2.50. The number of rotatable bonds is 5. The van der Waals surface area contributed by atoms with E-state index in [-0.39, 0.29) is 11.5 Å². The maximum absolute atomic E-state index is 5.74. The number of ether oxygens (including phenoxy) is 2. The molecule has 2 fully saturated rings. The number of methoxy groups -OCH3 is 2. The summed E-state index contributed by atoms with van der Waals surface area (Å²) in [6, 6.07) is 7.80. The molecule has 0 spiro atoms. The average Bonchev–Trinajstić information content (AvgIpc) is 3.13. The Bertz CT molecular complexity index is 720. The zero-order valence-electron chi connectivity index (χ0n) is 14.9. The second-order valence-electron chi connectivity index (χ2n) is 7.11. The molecule has 1 unspecified atom stereocenters. The number of benzene rings is 1. The van der Waals surface area contributed by atoms with Crippen LogP contribution in [0.5, 0.6) is 5.75 Å². The van der Waals surface area contributed by atoms with Gasteiger partial charge in [0.15, 0.2) is 0 Å². The van der Waals surface area contributed by atoms with Crippen LogP contribution in [0.2, 0.25) is 0 Å². The molecule has 3 heterocycles. The molecule has 2 aromatic rings. The summed E-state index contributed by atoms with van der Waals surface area (Å²) in [5.74, 6) is 2.15. The van der Waals surface area contributed by atoms with Crippen molar-refractivity contribution in [3.63, 3.8) is 0 Å². The third-order valence-electron chi connectivity index (χ3n) is 5.55. The first kappa shape index (κ1) is 16.5. The summed E-state index contributed by atoms with van der Waals surface area (Å²) in [6.07, 6.45) is 4.29. The SMILES string of the molecule is COc1cccc(C(OC)c2noc(C34CCCN(CCC3)C4)n2)c1. The normalized spacial score (nSPS) is 27.0. The molecule has 1 aromatic carbocycles. The number of aromatic nitrogens is 2. The van der Waals surface area contributed by atoms with Gasteiger partial charge < -0.3 is 18.9 Å². The molecule has 2 saturated heterocycles. The van der Waals surface area contributed by atoms with Gasteiger partial charge in [0.25, 0.3) is 0 Å². The highest BCUT2D eigenvalue weighted by atomic mass is 16.5. The standard InChI is InChI=1S/C19H25N3O3/c1-23-15-7-3-6-14(12-15)16(24-2)17-20-18(25-21-17)19-8-4-10-22(13-19)11-5-9-19/h3,6-7,12,16H,4-5,8-11,13H2,1-2H3. The molecular formula is C19H25N3O3. The Morgan fingerprint density at radius 2 is 2.00 bits per heavy atom. The lowest BCUT2D eigenvalue weighted by molar-refractivity contribution is 0.0711. The molecule has 0 N–H and O–H groups in total. The van der Waals surface area contributed by atoms with E-state index in [4.69, 9.17) is 19.0 Å². The Hall–Kier alpha value is -1.92. The topological polar surface area (TPSA) is 60.6 Å². The van der Waals surface area contributed by atoms with Crippen LogP contribution >= 0.6 is 0 Å². The van der Waals surface area contributed by atoms with Crippen molar-refractivity contribution in [2.45, 2.75) is 37.2 Å². The maximum atomic E-state index is 5.74. The second kappa shape index (κ2) is 6.77. The fourth-order valence-corrected chi connectivity index (χ4v) is 4.30. The van der Waals surface area contributed by atoms with Crippen molar-refractivity contribution < 1.29 is 14.0 Å². The zero-order valence-corrected chi connectivity index (χ0v) is 14.9. The van der Waals surface area contributed by atoms with Gasteiger partial charge in [-0.2, -0.15) is 4.98 Å². The molecule has 0 aliphatic carbocycles. The number of fused-ring (bicyclic) bond motifs is 2. The fourth-order valence-electron chi connectivity index (χ4n) is 4.30. The highest BCUT2D eigenvalue weighted by Gasteiger charge is 2.44. The van der Waals surface area contributed by atoms with Gasteiger partial charge in [-0.1, -0.05) is 17.3 Å². The lowest BCUT2D eigenvalue weighted by Gasteiger charge is -2.44. The molecule has 25 heavy (non-hydrogen) atoms. The first-order valence-corrected chi connectivity index (χ1v) is 8.97. The molecule has 2 bridgehead atoms. The van der Waals surface area contributed by atoms with Crippen LogP contribution in [0.25, 0.3) is 0 Å². The fraction of sp³-hybridized carbons (Fsp3) is 0.579. The first-order chi connectivity index (χ1) is 12.2. The zero-order chi connectivity index (χ0) is 17.3. The van der Waals surface area contributed by atoms with Crippen molar-refractivity contribution in [3.05, 3.63) is 41.5 Å². The van der Waals surface area contributed by atoms with Crippen molar-refractivity contribution in [2.75, 3.05) is 33.9 Å². The van der Waals surface area contributed by atoms with Gasteiger partial charge in [0, 0.05) is 13.7 Å². The molecule has 4 rings (SSSR count). The summed E-state index contributed by atoms with van der Waals surface area (Å²) in [4.78, 5) is 7.30. The van der Waals surface area contributed by atoms with Gasteiger partial charge in [-0.25, -0.2) is 0 Å². The summed E-state index contributed by atoms with van der Waals surface area (Å²) in [5, 5.41) is 4.27. The summed E-state index contributed by atoms with van der Waals surface area (Å²) in [7, 11) is 3.33. The largest absolute Gasteiger partial charge is 0.497 e. The molecule has 134 valence electrons. The molecule has 0 amide bonds. The summed E-state index contributed by atoms with van der Waals surface area (Å²) in [6.45, 7) is 3.41. The van der Waals surface area contributed by atoms with Crippen LogP contribution < -0.4 is 4.74 Å². The molecular weight excluding hydrogens is 318 g/mol. The van der Waals surface area contributed by atoms with Crippen LogP contribution in [0, 0.1) is 0 Å². The highest BCUT2D eigenvalue weighted by Crippen LogP contribution is 2.41. The molecule has 0 radical (unpaired) electrons. The Morgan fingerprint density at radius 3 is 2.72 bits per heavy atom. The number of nitrogens with zero attached hydrogens (tertiary/aromatic N) is 3. The van der Waals surface area contributed by atoms with Crippen LogP contribution in [-0.4, -0.2) is 48.9 Å². The van der Waals surface area contributed by atoms with Crippen molar-refractivity contribution in [3.8, 4) is 5.75 Å². The minimum Gasteiger partial charge on any atom is -0.497 e. The van der Waals surface area contributed by atoms with Crippen LogP contribution in [0.3, 0.4) is 0 Å². The average molecular weight is 343 g/mol. The third kappa shape index (κ3) is 3.04. The van der Waals surface area contributed by atoms with Crippen LogP contribution in [0.15, 0.2) is 28.8 Å². The number of piperidine rings is 2. The van der Waals surface area contributed by atoms with Crippen molar-refractivity contribution in [2.24, 2.45) is 0 Å². The highest BCUT2D eigenvalue weighted by molar-refractivity contribution is 5.32. The molecule has 6 nitrogen and oxygen atoms in total. The monoisotopic (exact) mass is 343 g/mol. The lowest BCUT2D eigenvalue weighted by atomic mass is 9.73. The minimum atomic E-state index is -0.354. The Morgan fingerprint density at radius 1 is 1.20 bits per heavy atom. The van der Waals surface area contributed by atoms with E-state index in [9.17, 15) is 0 Å².